The summed E-state index contributed by atoms with van der Waals surface area (Å²) in [6.07, 6.45) is -0.509. The minimum absolute atomic E-state index is 0.112. The van der Waals surface area contributed by atoms with Crippen LogP contribution in [0.2, 0.25) is 5.02 Å². The van der Waals surface area contributed by atoms with Crippen molar-refractivity contribution in [3.8, 4) is 23.0 Å². The van der Waals surface area contributed by atoms with Crippen LogP contribution in [-0.2, 0) is 6.18 Å². The summed E-state index contributed by atoms with van der Waals surface area (Å²) in [7, 11) is 0. The zero-order valence-corrected chi connectivity index (χ0v) is 23.2. The maximum atomic E-state index is 16.2. The molecule has 4 saturated heterocycles. The Morgan fingerprint density at radius 3 is 2.64 bits per heavy atom. The SMILES string of the molecule is Oc1cc(Cl)c(C(F)(F)F)cc1-c1ncc2c(N3C[C@H]4CC[C@@H](C3)N4)nc(OC[C@@]34CCCN3C[C@H](F)C4)nc2c1F. The van der Waals surface area contributed by atoms with Crippen molar-refractivity contribution in [3.05, 3.63) is 34.7 Å². The van der Waals surface area contributed by atoms with Gasteiger partial charge in [-0.15, -0.1) is 0 Å². The summed E-state index contributed by atoms with van der Waals surface area (Å²) in [6, 6.07) is 1.64. The van der Waals surface area contributed by atoms with Gasteiger partial charge in [0.1, 0.15) is 35.6 Å². The van der Waals surface area contributed by atoms with Crippen molar-refractivity contribution in [2.24, 2.45) is 0 Å². The van der Waals surface area contributed by atoms with E-state index >= 15 is 4.39 Å². The third-order valence-corrected chi connectivity index (χ3v) is 9.35. The molecule has 0 aliphatic carbocycles. The van der Waals surface area contributed by atoms with Crippen molar-refractivity contribution in [2.75, 3.05) is 37.7 Å². The fraction of sp³-hybridized carbons (Fsp3) is 0.536. The summed E-state index contributed by atoms with van der Waals surface area (Å²) >= 11 is 5.73. The zero-order valence-electron chi connectivity index (χ0n) is 22.4. The van der Waals surface area contributed by atoms with Crippen LogP contribution in [0.1, 0.15) is 37.7 Å². The van der Waals surface area contributed by atoms with Gasteiger partial charge in [-0.3, -0.25) is 9.88 Å². The number of aromatic nitrogens is 3. The summed E-state index contributed by atoms with van der Waals surface area (Å²) in [5.74, 6) is -1.29. The number of aromatic hydroxyl groups is 1. The Bertz CT molecular complexity index is 1550. The second-order valence-corrected chi connectivity index (χ2v) is 12.2. The lowest BCUT2D eigenvalue weighted by Gasteiger charge is -2.34. The zero-order chi connectivity index (χ0) is 29.4. The Morgan fingerprint density at radius 2 is 1.90 bits per heavy atom. The number of nitrogens with zero attached hydrogens (tertiary/aromatic N) is 5. The number of piperazine rings is 1. The maximum absolute atomic E-state index is 16.2. The Balaban J connectivity index is 1.32. The molecule has 8 nitrogen and oxygen atoms in total. The second kappa shape index (κ2) is 10.0. The first-order chi connectivity index (χ1) is 20.0. The van der Waals surface area contributed by atoms with E-state index in [0.717, 1.165) is 32.2 Å². The lowest BCUT2D eigenvalue weighted by molar-refractivity contribution is -0.137. The van der Waals surface area contributed by atoms with Crippen molar-refractivity contribution in [2.45, 2.75) is 62.1 Å². The van der Waals surface area contributed by atoms with E-state index < -0.39 is 51.3 Å². The lowest BCUT2D eigenvalue weighted by Crippen LogP contribution is -2.51. The molecule has 4 fully saturated rings. The normalized spacial score (nSPS) is 27.7. The lowest BCUT2D eigenvalue weighted by atomic mass is 9.95. The highest BCUT2D eigenvalue weighted by Gasteiger charge is 2.49. The van der Waals surface area contributed by atoms with Crippen LogP contribution in [0, 0.1) is 5.82 Å². The van der Waals surface area contributed by atoms with Crippen LogP contribution in [0.5, 0.6) is 11.8 Å². The molecule has 6 heterocycles. The molecule has 0 spiro atoms. The van der Waals surface area contributed by atoms with Crippen LogP contribution < -0.4 is 15.0 Å². The molecule has 42 heavy (non-hydrogen) atoms. The predicted octanol–water partition coefficient (Wildman–Crippen LogP) is 5.10. The summed E-state index contributed by atoms with van der Waals surface area (Å²) in [6.45, 7) is 2.45. The Kier molecular flexibility index (Phi) is 6.63. The fourth-order valence-corrected chi connectivity index (χ4v) is 7.37. The molecule has 0 radical (unpaired) electrons. The van der Waals surface area contributed by atoms with E-state index in [9.17, 15) is 22.7 Å². The van der Waals surface area contributed by atoms with Crippen LogP contribution in [0.15, 0.2) is 18.3 Å². The second-order valence-electron chi connectivity index (χ2n) is 11.8. The molecule has 224 valence electrons. The van der Waals surface area contributed by atoms with E-state index in [1.807, 2.05) is 4.90 Å². The van der Waals surface area contributed by atoms with Gasteiger partial charge in [-0.25, -0.2) is 8.78 Å². The number of hydrogen-bond donors (Lipinski definition) is 2. The van der Waals surface area contributed by atoms with Crippen molar-refractivity contribution >= 4 is 28.3 Å². The number of hydrogen-bond acceptors (Lipinski definition) is 8. The molecule has 3 aromatic rings. The number of fused-ring (bicyclic) bond motifs is 4. The number of halogens is 6. The number of ether oxygens (including phenoxy) is 1. The molecule has 0 unspecified atom stereocenters. The van der Waals surface area contributed by atoms with Crippen molar-refractivity contribution in [1.82, 2.24) is 25.2 Å². The molecule has 1 aromatic carbocycles. The highest BCUT2D eigenvalue weighted by atomic mass is 35.5. The van der Waals surface area contributed by atoms with Crippen LogP contribution in [0.4, 0.5) is 27.8 Å². The number of anilines is 1. The fourth-order valence-electron chi connectivity index (χ4n) is 7.10. The first-order valence-corrected chi connectivity index (χ1v) is 14.4. The van der Waals surface area contributed by atoms with Gasteiger partial charge in [0, 0.05) is 49.9 Å². The molecule has 2 N–H and O–H groups in total. The Labute approximate surface area is 242 Å². The molecule has 4 aliphatic rings. The van der Waals surface area contributed by atoms with E-state index in [2.05, 4.69) is 25.2 Å². The minimum atomic E-state index is -4.84. The van der Waals surface area contributed by atoms with E-state index in [1.165, 1.54) is 6.20 Å². The molecule has 14 heteroatoms. The molecule has 0 amide bonds. The van der Waals surface area contributed by atoms with Crippen LogP contribution in [-0.4, -0.2) is 81.5 Å². The molecule has 2 bridgehead atoms. The molecule has 7 rings (SSSR count). The largest absolute Gasteiger partial charge is 0.507 e. The quantitative estimate of drug-likeness (QED) is 0.386. The average molecular weight is 611 g/mol. The van der Waals surface area contributed by atoms with Gasteiger partial charge in [-0.05, 0) is 44.4 Å². The number of pyridine rings is 1. The van der Waals surface area contributed by atoms with Gasteiger partial charge in [0.15, 0.2) is 5.82 Å². The van der Waals surface area contributed by atoms with Crippen LogP contribution in [0.3, 0.4) is 0 Å². The first kappa shape index (κ1) is 27.8. The molecule has 2 aromatic heterocycles. The van der Waals surface area contributed by atoms with Gasteiger partial charge >= 0.3 is 12.2 Å². The van der Waals surface area contributed by atoms with Crippen LogP contribution >= 0.6 is 11.6 Å². The number of alkyl halides is 4. The minimum Gasteiger partial charge on any atom is -0.507 e. The van der Waals surface area contributed by atoms with Gasteiger partial charge in [0.2, 0.25) is 0 Å². The van der Waals surface area contributed by atoms with Crippen molar-refractivity contribution in [3.63, 3.8) is 0 Å². The predicted molar refractivity (Wildman–Crippen MR) is 145 cm³/mol. The van der Waals surface area contributed by atoms with Gasteiger partial charge in [0.05, 0.1) is 21.5 Å². The maximum Gasteiger partial charge on any atom is 0.417 e. The van der Waals surface area contributed by atoms with Crippen LogP contribution in [0.25, 0.3) is 22.2 Å². The first-order valence-electron chi connectivity index (χ1n) is 14.0. The number of phenolic OH excluding ortho intramolecular Hbond substituents is 1. The van der Waals surface area contributed by atoms with Crippen molar-refractivity contribution < 1.29 is 31.8 Å². The summed E-state index contributed by atoms with van der Waals surface area (Å²) in [5, 5.41) is 13.5. The number of benzene rings is 1. The molecule has 4 aliphatic heterocycles. The summed E-state index contributed by atoms with van der Waals surface area (Å²) in [5.41, 5.74) is -2.92. The van der Waals surface area contributed by atoms with Gasteiger partial charge < -0.3 is 20.1 Å². The molecule has 4 atom stereocenters. The third kappa shape index (κ3) is 4.69. The number of phenols is 1. The van der Waals surface area contributed by atoms with Crippen molar-refractivity contribution in [1.29, 1.82) is 0 Å². The van der Waals surface area contributed by atoms with E-state index in [-0.39, 0.29) is 35.6 Å². The highest BCUT2D eigenvalue weighted by molar-refractivity contribution is 6.31. The van der Waals surface area contributed by atoms with Gasteiger partial charge in [-0.2, -0.15) is 23.1 Å². The molecule has 0 saturated carbocycles. The molecular formula is C28H28ClF5N6O2. The Hall–Kier alpha value is -3.03. The average Bonchev–Trinajstić information content (AvgIpc) is 3.57. The summed E-state index contributed by atoms with van der Waals surface area (Å²) in [4.78, 5) is 17.2. The van der Waals surface area contributed by atoms with Gasteiger partial charge in [0.25, 0.3) is 0 Å². The topological polar surface area (TPSA) is 86.6 Å². The standard InChI is InChI=1S/C28H28ClF5N6O2/c29-20-7-21(41)17(6-19(20)28(32,33)34)23-22(31)24-18(9-35-23)25(39-11-15-2-3-16(12-39)36-15)38-26(37-24)42-13-27-4-1-5-40(27)10-14(30)8-27/h6-7,9,14-16,36,41H,1-5,8,10-13H2/t14-,15-,16+,27+/m1/s1. The highest BCUT2D eigenvalue weighted by Crippen LogP contribution is 2.44. The van der Waals surface area contributed by atoms with Gasteiger partial charge in [-0.1, -0.05) is 11.6 Å². The van der Waals surface area contributed by atoms with E-state index in [0.29, 0.717) is 44.0 Å². The Morgan fingerprint density at radius 1 is 1.14 bits per heavy atom. The molecular weight excluding hydrogens is 583 g/mol. The van der Waals surface area contributed by atoms with E-state index in [1.54, 1.807) is 0 Å². The smallest absolute Gasteiger partial charge is 0.417 e. The third-order valence-electron chi connectivity index (χ3n) is 9.04. The number of nitrogens with one attached hydrogen (secondary N) is 1. The monoisotopic (exact) mass is 610 g/mol. The van der Waals surface area contributed by atoms with E-state index in [4.69, 9.17) is 16.3 Å². The number of rotatable bonds is 5. The summed E-state index contributed by atoms with van der Waals surface area (Å²) < 4.78 is 77.4.